The van der Waals surface area contributed by atoms with E-state index in [0.29, 0.717) is 16.7 Å². The fraction of sp³-hybridized carbons (Fsp3) is 0.325. The number of aliphatic hydroxyl groups excluding tert-OH is 1. The Kier molecular flexibility index (Phi) is 8.21. The monoisotopic (exact) mass is 748 g/mol. The van der Waals surface area contributed by atoms with E-state index in [9.17, 15) is 29.8 Å². The lowest BCUT2D eigenvalue weighted by Crippen LogP contribution is -2.50. The molecule has 52 heavy (non-hydrogen) atoms. The molecule has 1 unspecified atom stereocenters. The van der Waals surface area contributed by atoms with E-state index < -0.39 is 79.3 Å². The van der Waals surface area contributed by atoms with Gasteiger partial charge >= 0.3 is 6.18 Å². The zero-order valence-corrected chi connectivity index (χ0v) is 28.1. The van der Waals surface area contributed by atoms with Crippen molar-refractivity contribution in [3.63, 3.8) is 0 Å². The molecule has 6 nitrogen and oxygen atoms in total. The van der Waals surface area contributed by atoms with Crippen LogP contribution in [-0.2, 0) is 28.0 Å². The minimum absolute atomic E-state index is 0.0517. The Bertz CT molecular complexity index is 2330. The number of ether oxygens (including phenoxy) is 1. The van der Waals surface area contributed by atoms with Gasteiger partial charge in [0.15, 0.2) is 11.6 Å². The fourth-order valence-electron chi connectivity index (χ4n) is 6.00. The predicted molar refractivity (Wildman–Crippen MR) is 193 cm³/mol. The van der Waals surface area contributed by atoms with Gasteiger partial charge in [0, 0.05) is 67.2 Å². The maximum absolute atomic E-state index is 15.0. The summed E-state index contributed by atoms with van der Waals surface area (Å²) in [4.78, 5) is 18.1. The van der Waals surface area contributed by atoms with Gasteiger partial charge in [-0.3, -0.25) is 4.79 Å². The van der Waals surface area contributed by atoms with Gasteiger partial charge in [-0.25, -0.2) is 8.78 Å². The number of fused-ring (bicyclic) bond motifs is 1. The highest BCUT2D eigenvalue weighted by atomic mass is 32.2. The number of nitrogens with zero attached hydrogens (tertiary/aromatic N) is 3. The number of rotatable bonds is 12. The highest BCUT2D eigenvalue weighted by Gasteiger charge is 2.33. The fourth-order valence-corrected chi connectivity index (χ4v) is 6.80. The summed E-state index contributed by atoms with van der Waals surface area (Å²) in [6.45, 7) is -10.3. The molecule has 6 rings (SSSR count). The quantitative estimate of drug-likeness (QED) is 0.147. The lowest BCUT2D eigenvalue weighted by Gasteiger charge is -2.40. The van der Waals surface area contributed by atoms with Crippen LogP contribution in [0.3, 0.4) is 0 Å². The van der Waals surface area contributed by atoms with Gasteiger partial charge in [0.05, 0.1) is 26.7 Å². The second kappa shape index (κ2) is 16.6. The highest BCUT2D eigenvalue weighted by molar-refractivity contribution is 8.02. The van der Waals surface area contributed by atoms with Crippen LogP contribution in [0.4, 0.5) is 27.6 Å². The van der Waals surface area contributed by atoms with Crippen molar-refractivity contribution in [2.45, 2.75) is 43.4 Å². The molecule has 0 radical (unpaired) electrons. The number of methoxy groups -OCH3 is 1. The van der Waals surface area contributed by atoms with Gasteiger partial charge in [0.2, 0.25) is 5.91 Å². The Morgan fingerprint density at radius 3 is 2.37 bits per heavy atom. The van der Waals surface area contributed by atoms with Crippen molar-refractivity contribution < 1.29 is 51.7 Å². The highest BCUT2D eigenvalue weighted by Crippen LogP contribution is 2.41. The SMILES string of the molecule is [2H]C([2H])([2H])OC([2H])([2H])C([2H])([2H])N1CCC(N(Cc2ccc(-c3ccc(C(F)(F)F)cc3)cc2)C(=O)C([2H])([2H])N2C(SC([2H])([2H])c3cccc(F)c3F)=CC(O)c3ccccc32)CC1. The van der Waals surface area contributed by atoms with Crippen LogP contribution in [0.5, 0.6) is 0 Å². The zero-order chi connectivity index (χ0) is 46.5. The van der Waals surface area contributed by atoms with E-state index in [4.69, 9.17) is 12.3 Å². The zero-order valence-electron chi connectivity index (χ0n) is 38.3. The number of alkyl halides is 3. The van der Waals surface area contributed by atoms with Crippen LogP contribution in [0.15, 0.2) is 102 Å². The first-order valence-corrected chi connectivity index (χ1v) is 16.9. The van der Waals surface area contributed by atoms with Gasteiger partial charge in [-0.1, -0.05) is 66.7 Å². The van der Waals surface area contributed by atoms with E-state index in [0.717, 1.165) is 46.2 Å². The molecule has 2 heterocycles. The second-order valence-electron chi connectivity index (χ2n) is 12.0. The molecule has 4 aromatic rings. The third-order valence-electron chi connectivity index (χ3n) is 8.72. The molecule has 0 saturated carbocycles. The van der Waals surface area contributed by atoms with Crippen LogP contribution in [0, 0.1) is 11.6 Å². The molecule has 1 N–H and O–H groups in total. The molecule has 0 bridgehead atoms. The molecule has 0 aliphatic carbocycles. The van der Waals surface area contributed by atoms with Crippen LogP contribution in [-0.4, -0.2) is 66.5 Å². The van der Waals surface area contributed by atoms with E-state index in [-0.39, 0.29) is 60.5 Å². The van der Waals surface area contributed by atoms with E-state index in [1.807, 2.05) is 0 Å². The summed E-state index contributed by atoms with van der Waals surface area (Å²) in [6, 6.07) is 18.7. The smallest absolute Gasteiger partial charge is 0.384 e. The van der Waals surface area contributed by atoms with E-state index in [1.54, 1.807) is 30.3 Å². The van der Waals surface area contributed by atoms with Gasteiger partial charge in [-0.2, -0.15) is 13.2 Å². The van der Waals surface area contributed by atoms with Crippen molar-refractivity contribution in [1.29, 1.82) is 0 Å². The summed E-state index contributed by atoms with van der Waals surface area (Å²) >= 11 is 0.225. The summed E-state index contributed by atoms with van der Waals surface area (Å²) in [5, 5.41) is 10.8. The molecule has 12 heteroatoms. The number of carbonyl (C=O) groups is 1. The van der Waals surface area contributed by atoms with Crippen molar-refractivity contribution in [1.82, 2.24) is 9.80 Å². The number of para-hydroxylation sites is 1. The third-order valence-corrected chi connectivity index (χ3v) is 9.56. The maximum Gasteiger partial charge on any atom is 0.416 e. The average Bonchev–Trinajstić information content (AvgIpc) is 3.19. The van der Waals surface area contributed by atoms with Gasteiger partial charge in [0.1, 0.15) is 12.6 Å². The topological polar surface area (TPSA) is 56.2 Å². The summed E-state index contributed by atoms with van der Waals surface area (Å²) in [6.07, 6.45) is -5.11. The molecule has 1 amide bonds. The van der Waals surface area contributed by atoms with Crippen molar-refractivity contribution in [2.24, 2.45) is 0 Å². The van der Waals surface area contributed by atoms with Gasteiger partial charge in [-0.15, -0.1) is 11.8 Å². The number of anilines is 1. The Morgan fingerprint density at radius 1 is 0.981 bits per heavy atom. The Hall–Kier alpha value is -4.23. The van der Waals surface area contributed by atoms with Crippen LogP contribution < -0.4 is 4.90 Å². The first-order valence-electron chi connectivity index (χ1n) is 21.6. The predicted octanol–water partition coefficient (Wildman–Crippen LogP) is 8.42. The number of benzene rings is 4. The minimum Gasteiger partial charge on any atom is -0.384 e. The average molecular weight is 749 g/mol. The number of aliphatic hydroxyl groups is 1. The van der Waals surface area contributed by atoms with Crippen LogP contribution >= 0.6 is 11.8 Å². The molecule has 2 aliphatic rings. The molecule has 1 fully saturated rings. The molecule has 1 atom stereocenters. The second-order valence-corrected chi connectivity index (χ2v) is 12.8. The van der Waals surface area contributed by atoms with E-state index in [1.165, 1.54) is 35.2 Å². The minimum atomic E-state index is -4.55. The molecule has 0 spiro atoms. The van der Waals surface area contributed by atoms with Crippen LogP contribution in [0.25, 0.3) is 11.1 Å². The van der Waals surface area contributed by atoms with E-state index in [2.05, 4.69) is 4.74 Å². The van der Waals surface area contributed by atoms with Gasteiger partial charge in [0.25, 0.3) is 0 Å². The van der Waals surface area contributed by atoms with Gasteiger partial charge < -0.3 is 24.5 Å². The van der Waals surface area contributed by atoms with Crippen molar-refractivity contribution in [2.75, 3.05) is 44.6 Å². The third kappa shape index (κ3) is 8.86. The number of amides is 1. The Morgan fingerprint density at radius 2 is 1.67 bits per heavy atom. The molecule has 2 aliphatic heterocycles. The summed E-state index contributed by atoms with van der Waals surface area (Å²) < 4.78 is 165. The summed E-state index contributed by atoms with van der Waals surface area (Å²) in [5.74, 6) is -4.04. The molecule has 274 valence electrons. The lowest BCUT2D eigenvalue weighted by atomic mass is 9.99. The number of likely N-dealkylation sites (tertiary alicyclic amines) is 1. The largest absolute Gasteiger partial charge is 0.416 e. The summed E-state index contributed by atoms with van der Waals surface area (Å²) in [7, 11) is -3.29. The first kappa shape index (κ1) is 25.7. The van der Waals surface area contributed by atoms with Gasteiger partial charge in [-0.05, 0) is 59.9 Å². The number of hydrogen-bond acceptors (Lipinski definition) is 6. The van der Waals surface area contributed by atoms with Crippen molar-refractivity contribution in [3.05, 3.63) is 136 Å². The number of thioether (sulfide) groups is 1. The van der Waals surface area contributed by atoms with Crippen molar-refractivity contribution in [3.8, 4) is 11.1 Å². The standard InChI is InChI=1S/C40H40F5N3O3S/c1-51-22-21-46-19-17-32(18-20-46)47(24-27-9-11-28(12-10-27)29-13-15-31(16-14-29)40(43,44)45)37(50)25-48-35-8-3-2-6-33(35)36(49)23-38(48)52-26-30-5-4-7-34(41)39(30)42/h2-16,23,32,36,49H,17-22,24-26H2,1H3/i1D3,21D2,22D2,25D2,26D2. The molecular formula is C40H40F5N3O3S. The molecule has 4 aromatic carbocycles. The summed E-state index contributed by atoms with van der Waals surface area (Å²) in [5.41, 5.74) is -2.90. The molecule has 1 saturated heterocycles. The van der Waals surface area contributed by atoms with Crippen molar-refractivity contribution >= 4 is 23.4 Å². The van der Waals surface area contributed by atoms with Crippen LogP contribution in [0.1, 0.15) is 56.3 Å². The molecule has 0 aromatic heterocycles. The normalized spacial score (nSPS) is 21.3. The number of carbonyl (C=O) groups excluding carboxylic acids is 1. The lowest BCUT2D eigenvalue weighted by molar-refractivity contribution is -0.137. The van der Waals surface area contributed by atoms with Crippen LogP contribution in [0.2, 0.25) is 0 Å². The van der Waals surface area contributed by atoms with E-state index >= 15 is 4.79 Å². The number of hydrogen-bond donors (Lipinski definition) is 1. The number of halogens is 5. The Labute approximate surface area is 319 Å². The maximum atomic E-state index is 15.0. The Balaban J connectivity index is 1.36. The number of piperidine rings is 1. The molecular weight excluding hydrogens is 698 g/mol. The first-order chi connectivity index (χ1) is 29.1.